The summed E-state index contributed by atoms with van der Waals surface area (Å²) in [7, 11) is 0. The van der Waals surface area contributed by atoms with E-state index < -0.39 is 0 Å². The van der Waals surface area contributed by atoms with Gasteiger partial charge in [0, 0.05) is 0 Å². The zero-order valence-electron chi connectivity index (χ0n) is 5.19. The van der Waals surface area contributed by atoms with Gasteiger partial charge in [0.1, 0.15) is 0 Å². The quantitative estimate of drug-likeness (QED) is 0.418. The lowest BCUT2D eigenvalue weighted by molar-refractivity contribution is 0.219. The van der Waals surface area contributed by atoms with Crippen LogP contribution in [-0.2, 0) is 0 Å². The van der Waals surface area contributed by atoms with Crippen molar-refractivity contribution in [3.05, 3.63) is 12.2 Å². The van der Waals surface area contributed by atoms with Gasteiger partial charge in [-0.15, -0.1) is 0 Å². The number of allylic oxidation sites excluding steroid dienone is 1. The van der Waals surface area contributed by atoms with Crippen LogP contribution in [0.4, 0.5) is 0 Å². The van der Waals surface area contributed by atoms with E-state index in [1.54, 1.807) is 0 Å². The second-order valence-corrected chi connectivity index (χ2v) is 3.26. The first-order valence-electron chi connectivity index (χ1n) is 3.53. The number of hydrogen-bond donors (Lipinski definition) is 0. The van der Waals surface area contributed by atoms with Crippen LogP contribution in [0.3, 0.4) is 0 Å². The molecule has 0 N–H and O–H groups in total. The Morgan fingerprint density at radius 2 is 1.62 bits per heavy atom. The van der Waals surface area contributed by atoms with E-state index in [-0.39, 0.29) is 0 Å². The number of hydrogen-bond acceptors (Lipinski definition) is 0. The fourth-order valence-electron chi connectivity index (χ4n) is 2.00. The minimum atomic E-state index is 1.07. The van der Waals surface area contributed by atoms with Gasteiger partial charge in [-0.1, -0.05) is 12.2 Å². The summed E-state index contributed by atoms with van der Waals surface area (Å²) in [5.41, 5.74) is 1.51. The zero-order valence-corrected chi connectivity index (χ0v) is 5.19. The smallest absolute Gasteiger partial charge is 0.0292 e. The van der Waals surface area contributed by atoms with Crippen molar-refractivity contribution < 1.29 is 0 Å². The summed E-state index contributed by atoms with van der Waals surface area (Å²) in [5, 5.41) is 0. The van der Waals surface area contributed by atoms with E-state index in [4.69, 9.17) is 0 Å². The van der Waals surface area contributed by atoms with Crippen molar-refractivity contribution in [1.29, 1.82) is 0 Å². The van der Waals surface area contributed by atoms with Crippen molar-refractivity contribution in [3.8, 4) is 0 Å². The Morgan fingerprint density at radius 3 is 1.88 bits per heavy atom. The molecule has 0 saturated heterocycles. The highest BCUT2D eigenvalue weighted by Crippen LogP contribution is 2.48. The Balaban J connectivity index is 2.10. The molecule has 0 aromatic heterocycles. The molecule has 2 atom stereocenters. The second kappa shape index (κ2) is 1.37. The van der Waals surface area contributed by atoms with Gasteiger partial charge in [0.15, 0.2) is 0 Å². The highest BCUT2D eigenvalue weighted by Gasteiger charge is 2.36. The molecule has 0 aromatic rings. The van der Waals surface area contributed by atoms with Gasteiger partial charge in [0.25, 0.3) is 0 Å². The molecule has 0 spiro atoms. The van der Waals surface area contributed by atoms with Crippen molar-refractivity contribution in [2.24, 2.45) is 11.8 Å². The molecule has 0 aliphatic heterocycles. The predicted octanol–water partition coefficient (Wildman–Crippen LogP) is 2.36. The first kappa shape index (κ1) is 4.60. The van der Waals surface area contributed by atoms with Crippen LogP contribution in [0.25, 0.3) is 0 Å². The van der Waals surface area contributed by atoms with Crippen molar-refractivity contribution in [2.45, 2.75) is 25.7 Å². The van der Waals surface area contributed by atoms with Gasteiger partial charge in [0.05, 0.1) is 0 Å². The van der Waals surface area contributed by atoms with Crippen LogP contribution < -0.4 is 0 Å². The Kier molecular flexibility index (Phi) is 0.787. The molecule has 0 bridgehead atoms. The third-order valence-electron chi connectivity index (χ3n) is 2.68. The Bertz CT molecular complexity index is 110. The fraction of sp³-hybridized carbons (Fsp3) is 0.750. The maximum Gasteiger partial charge on any atom is -0.0292 e. The van der Waals surface area contributed by atoms with Gasteiger partial charge >= 0.3 is 0 Å². The summed E-state index contributed by atoms with van der Waals surface area (Å²) in [6.07, 6.45) is 5.68. The molecule has 2 aliphatic carbocycles. The van der Waals surface area contributed by atoms with E-state index in [1.165, 1.54) is 31.3 Å². The molecule has 0 aromatic carbocycles. The SMILES string of the molecule is C=C1CC2CCC2C1. The van der Waals surface area contributed by atoms with E-state index in [9.17, 15) is 0 Å². The Morgan fingerprint density at radius 1 is 1.12 bits per heavy atom. The predicted molar refractivity (Wildman–Crippen MR) is 34.6 cm³/mol. The monoisotopic (exact) mass is 108 g/mol. The van der Waals surface area contributed by atoms with Gasteiger partial charge in [-0.3, -0.25) is 0 Å². The molecule has 44 valence electrons. The van der Waals surface area contributed by atoms with Crippen LogP contribution in [-0.4, -0.2) is 0 Å². The summed E-state index contributed by atoms with van der Waals surface area (Å²) in [5.74, 6) is 2.14. The second-order valence-electron chi connectivity index (χ2n) is 3.26. The fourth-order valence-corrected chi connectivity index (χ4v) is 2.00. The summed E-state index contributed by atoms with van der Waals surface area (Å²) in [6.45, 7) is 4.00. The maximum atomic E-state index is 4.00. The average molecular weight is 108 g/mol. The molecule has 0 heteroatoms. The third kappa shape index (κ3) is 0.460. The van der Waals surface area contributed by atoms with E-state index in [0.29, 0.717) is 0 Å². The normalized spacial score (nSPS) is 43.8. The van der Waals surface area contributed by atoms with E-state index in [0.717, 1.165) is 11.8 Å². The molecule has 0 amide bonds. The summed E-state index contributed by atoms with van der Waals surface area (Å²) < 4.78 is 0. The van der Waals surface area contributed by atoms with Crippen LogP contribution in [0.15, 0.2) is 12.2 Å². The van der Waals surface area contributed by atoms with Gasteiger partial charge < -0.3 is 0 Å². The molecular weight excluding hydrogens is 96.1 g/mol. The van der Waals surface area contributed by atoms with Gasteiger partial charge in [0.2, 0.25) is 0 Å². The number of rotatable bonds is 0. The largest absolute Gasteiger partial charge is 0.0998 e. The molecule has 2 aliphatic rings. The molecular formula is C8H12. The molecule has 2 fully saturated rings. The molecule has 0 heterocycles. The molecule has 2 saturated carbocycles. The van der Waals surface area contributed by atoms with Gasteiger partial charge in [-0.05, 0) is 37.5 Å². The minimum Gasteiger partial charge on any atom is -0.0998 e. The summed E-state index contributed by atoms with van der Waals surface area (Å²) in [6, 6.07) is 0. The molecule has 2 rings (SSSR count). The first-order valence-corrected chi connectivity index (χ1v) is 3.53. The topological polar surface area (TPSA) is 0 Å². The van der Waals surface area contributed by atoms with Crippen LogP contribution in [0.2, 0.25) is 0 Å². The van der Waals surface area contributed by atoms with Gasteiger partial charge in [-0.25, -0.2) is 0 Å². The molecule has 0 nitrogen and oxygen atoms in total. The van der Waals surface area contributed by atoms with E-state index in [1.807, 2.05) is 0 Å². The van der Waals surface area contributed by atoms with Crippen molar-refractivity contribution in [1.82, 2.24) is 0 Å². The van der Waals surface area contributed by atoms with Crippen LogP contribution in [0.1, 0.15) is 25.7 Å². The summed E-state index contributed by atoms with van der Waals surface area (Å²) >= 11 is 0. The van der Waals surface area contributed by atoms with Crippen molar-refractivity contribution in [3.63, 3.8) is 0 Å². The van der Waals surface area contributed by atoms with Crippen LogP contribution in [0.5, 0.6) is 0 Å². The highest BCUT2D eigenvalue weighted by atomic mass is 14.4. The molecule has 8 heavy (non-hydrogen) atoms. The lowest BCUT2D eigenvalue weighted by Crippen LogP contribution is -2.18. The number of fused-ring (bicyclic) bond motifs is 1. The maximum absolute atomic E-state index is 4.00. The standard InChI is InChI=1S/C8H12/c1-6-4-7-2-3-8(7)5-6/h7-8H,1-5H2. The van der Waals surface area contributed by atoms with E-state index >= 15 is 0 Å². The minimum absolute atomic E-state index is 1.07. The molecule has 0 radical (unpaired) electrons. The van der Waals surface area contributed by atoms with Crippen LogP contribution >= 0.6 is 0 Å². The van der Waals surface area contributed by atoms with Gasteiger partial charge in [-0.2, -0.15) is 0 Å². The zero-order chi connectivity index (χ0) is 5.56. The first-order chi connectivity index (χ1) is 3.86. The van der Waals surface area contributed by atoms with Crippen molar-refractivity contribution in [2.75, 3.05) is 0 Å². The summed E-state index contributed by atoms with van der Waals surface area (Å²) in [4.78, 5) is 0. The molecule has 2 unspecified atom stereocenters. The lowest BCUT2D eigenvalue weighted by Gasteiger charge is -2.28. The van der Waals surface area contributed by atoms with Crippen LogP contribution in [0, 0.1) is 11.8 Å². The Labute approximate surface area is 50.6 Å². The average Bonchev–Trinajstić information content (AvgIpc) is 1.91. The third-order valence-corrected chi connectivity index (χ3v) is 2.68. The highest BCUT2D eigenvalue weighted by molar-refractivity contribution is 5.09. The Hall–Kier alpha value is -0.260. The van der Waals surface area contributed by atoms with E-state index in [2.05, 4.69) is 6.58 Å². The van der Waals surface area contributed by atoms with Crippen molar-refractivity contribution >= 4 is 0 Å². The lowest BCUT2D eigenvalue weighted by atomic mass is 9.77.